The van der Waals surface area contributed by atoms with Crippen molar-refractivity contribution < 1.29 is 9.53 Å². The second-order valence-corrected chi connectivity index (χ2v) is 5.22. The number of aryl methyl sites for hydroxylation is 2. The molecule has 2 rings (SSSR count). The van der Waals surface area contributed by atoms with E-state index in [0.717, 1.165) is 11.1 Å². The molecule has 0 bridgehead atoms. The van der Waals surface area contributed by atoms with Crippen molar-refractivity contribution in [1.29, 1.82) is 0 Å². The lowest BCUT2D eigenvalue weighted by Gasteiger charge is -2.11. The van der Waals surface area contributed by atoms with Crippen molar-refractivity contribution in [2.24, 2.45) is 0 Å². The van der Waals surface area contributed by atoms with Crippen LogP contribution in [0.15, 0.2) is 36.4 Å². The molecule has 0 saturated heterocycles. The first-order valence-electron chi connectivity index (χ1n) is 6.56. The predicted octanol–water partition coefficient (Wildman–Crippen LogP) is 4.59. The first kappa shape index (κ1) is 14.6. The summed E-state index contributed by atoms with van der Waals surface area (Å²) in [4.78, 5) is 12.7. The largest absolute Gasteiger partial charge is 0.493 e. The Morgan fingerprint density at radius 1 is 1.10 bits per heavy atom. The second-order valence-electron chi connectivity index (χ2n) is 4.78. The molecule has 2 aromatic carbocycles. The molecule has 0 atom stereocenters. The average Bonchev–Trinajstić information content (AvgIpc) is 2.39. The summed E-state index contributed by atoms with van der Waals surface area (Å²) < 4.78 is 5.54. The molecule has 0 fully saturated rings. The zero-order valence-electron chi connectivity index (χ0n) is 11.9. The van der Waals surface area contributed by atoms with Gasteiger partial charge in [0.1, 0.15) is 5.75 Å². The van der Waals surface area contributed by atoms with Gasteiger partial charge in [0.05, 0.1) is 12.2 Å². The minimum atomic E-state index is -0.0669. The third kappa shape index (κ3) is 3.20. The fourth-order valence-electron chi connectivity index (χ4n) is 2.13. The lowest BCUT2D eigenvalue weighted by Crippen LogP contribution is -2.06. The van der Waals surface area contributed by atoms with E-state index in [1.54, 1.807) is 6.07 Å². The van der Waals surface area contributed by atoms with Gasteiger partial charge in [0.2, 0.25) is 0 Å². The molecule has 2 nitrogen and oxygen atoms in total. The molecule has 0 saturated carbocycles. The molecular weight excluding hydrogens is 272 g/mol. The summed E-state index contributed by atoms with van der Waals surface area (Å²) in [7, 11) is 0. The Hall–Kier alpha value is -1.80. The summed E-state index contributed by atoms with van der Waals surface area (Å²) >= 11 is 6.03. The Morgan fingerprint density at radius 2 is 1.85 bits per heavy atom. The Kier molecular flexibility index (Phi) is 4.46. The molecule has 3 heteroatoms. The molecule has 104 valence electrons. The molecule has 2 aromatic rings. The molecule has 0 spiro atoms. The first-order valence-corrected chi connectivity index (χ1v) is 6.94. The van der Waals surface area contributed by atoms with Gasteiger partial charge in [-0.3, -0.25) is 4.79 Å². The van der Waals surface area contributed by atoms with Crippen molar-refractivity contribution in [3.8, 4) is 5.75 Å². The number of halogens is 1. The summed E-state index contributed by atoms with van der Waals surface area (Å²) in [5.41, 5.74) is 3.15. The van der Waals surface area contributed by atoms with Crippen LogP contribution in [0.3, 0.4) is 0 Å². The Labute approximate surface area is 124 Å². The Balaban J connectivity index is 2.49. The predicted molar refractivity (Wildman–Crippen MR) is 82.0 cm³/mol. The van der Waals surface area contributed by atoms with Gasteiger partial charge >= 0.3 is 0 Å². The number of ether oxygens (including phenoxy) is 1. The molecule has 0 aliphatic carbocycles. The minimum absolute atomic E-state index is 0.0669. The maximum atomic E-state index is 12.7. The standard InChI is InChI=1S/C17H17ClO2/c1-4-20-16-6-5-11(2)9-15(16)17(19)13-7-12(3)8-14(18)10-13/h5-10H,4H2,1-3H3. The van der Waals surface area contributed by atoms with E-state index in [9.17, 15) is 4.79 Å². The summed E-state index contributed by atoms with van der Waals surface area (Å²) in [5, 5.41) is 0.568. The van der Waals surface area contributed by atoms with Crippen molar-refractivity contribution >= 4 is 17.4 Å². The monoisotopic (exact) mass is 288 g/mol. The number of carbonyl (C=O) groups is 1. The van der Waals surface area contributed by atoms with Gasteiger partial charge in [-0.15, -0.1) is 0 Å². The molecular formula is C17H17ClO2. The fraction of sp³-hybridized carbons (Fsp3) is 0.235. The van der Waals surface area contributed by atoms with E-state index in [2.05, 4.69) is 0 Å². The molecule has 0 aliphatic heterocycles. The lowest BCUT2D eigenvalue weighted by atomic mass is 9.99. The van der Waals surface area contributed by atoms with Gasteiger partial charge in [-0.05, 0) is 56.7 Å². The van der Waals surface area contributed by atoms with E-state index in [1.807, 2.05) is 51.1 Å². The number of ketones is 1. The van der Waals surface area contributed by atoms with Crippen LogP contribution in [0.5, 0.6) is 5.75 Å². The molecule has 0 unspecified atom stereocenters. The third-order valence-corrected chi connectivity index (χ3v) is 3.20. The lowest BCUT2D eigenvalue weighted by molar-refractivity contribution is 0.103. The van der Waals surface area contributed by atoms with Crippen molar-refractivity contribution in [1.82, 2.24) is 0 Å². The number of hydrogen-bond donors (Lipinski definition) is 0. The van der Waals surface area contributed by atoms with Crippen LogP contribution in [0.1, 0.15) is 34.0 Å². The molecule has 0 N–H and O–H groups in total. The molecule has 0 radical (unpaired) electrons. The van der Waals surface area contributed by atoms with E-state index in [-0.39, 0.29) is 5.78 Å². The molecule has 0 heterocycles. The summed E-state index contributed by atoms with van der Waals surface area (Å²) in [5.74, 6) is 0.545. The van der Waals surface area contributed by atoms with Crippen molar-refractivity contribution in [3.63, 3.8) is 0 Å². The van der Waals surface area contributed by atoms with E-state index in [0.29, 0.717) is 28.5 Å². The van der Waals surface area contributed by atoms with Gasteiger partial charge in [0, 0.05) is 10.6 Å². The van der Waals surface area contributed by atoms with Crippen molar-refractivity contribution in [2.75, 3.05) is 6.61 Å². The number of rotatable bonds is 4. The highest BCUT2D eigenvalue weighted by Crippen LogP contribution is 2.25. The van der Waals surface area contributed by atoms with Crippen LogP contribution in [-0.2, 0) is 0 Å². The highest BCUT2D eigenvalue weighted by atomic mass is 35.5. The normalized spacial score (nSPS) is 10.4. The topological polar surface area (TPSA) is 26.3 Å². The number of hydrogen-bond acceptors (Lipinski definition) is 2. The SMILES string of the molecule is CCOc1ccc(C)cc1C(=O)c1cc(C)cc(Cl)c1. The van der Waals surface area contributed by atoms with Gasteiger partial charge in [0.25, 0.3) is 0 Å². The maximum Gasteiger partial charge on any atom is 0.196 e. The van der Waals surface area contributed by atoms with Crippen molar-refractivity contribution in [3.05, 3.63) is 63.7 Å². The fourth-order valence-corrected chi connectivity index (χ4v) is 2.42. The average molecular weight is 289 g/mol. The highest BCUT2D eigenvalue weighted by molar-refractivity contribution is 6.31. The Morgan fingerprint density at radius 3 is 2.50 bits per heavy atom. The summed E-state index contributed by atoms with van der Waals surface area (Å²) in [6, 6.07) is 11.0. The van der Waals surface area contributed by atoms with Crippen LogP contribution in [0.25, 0.3) is 0 Å². The minimum Gasteiger partial charge on any atom is -0.493 e. The Bertz CT molecular complexity index is 627. The van der Waals surface area contributed by atoms with Crippen LogP contribution in [0, 0.1) is 13.8 Å². The smallest absolute Gasteiger partial charge is 0.196 e. The number of benzene rings is 2. The van der Waals surface area contributed by atoms with Gasteiger partial charge in [-0.25, -0.2) is 0 Å². The van der Waals surface area contributed by atoms with Crippen LogP contribution in [0.4, 0.5) is 0 Å². The van der Waals surface area contributed by atoms with Gasteiger partial charge in [-0.1, -0.05) is 23.2 Å². The van der Waals surface area contributed by atoms with E-state index < -0.39 is 0 Å². The third-order valence-electron chi connectivity index (χ3n) is 2.98. The zero-order valence-corrected chi connectivity index (χ0v) is 12.6. The van der Waals surface area contributed by atoms with Crippen LogP contribution in [-0.4, -0.2) is 12.4 Å². The van der Waals surface area contributed by atoms with Crippen LogP contribution in [0.2, 0.25) is 5.02 Å². The van der Waals surface area contributed by atoms with Crippen LogP contribution >= 0.6 is 11.6 Å². The highest BCUT2D eigenvalue weighted by Gasteiger charge is 2.15. The van der Waals surface area contributed by atoms with E-state index in [4.69, 9.17) is 16.3 Å². The summed E-state index contributed by atoms with van der Waals surface area (Å²) in [6.07, 6.45) is 0. The zero-order chi connectivity index (χ0) is 14.7. The molecule has 0 amide bonds. The van der Waals surface area contributed by atoms with Crippen molar-refractivity contribution in [2.45, 2.75) is 20.8 Å². The van der Waals surface area contributed by atoms with Gasteiger partial charge in [0.15, 0.2) is 5.78 Å². The van der Waals surface area contributed by atoms with Gasteiger partial charge in [-0.2, -0.15) is 0 Å². The molecule has 20 heavy (non-hydrogen) atoms. The first-order chi connectivity index (χ1) is 9.51. The summed E-state index contributed by atoms with van der Waals surface area (Å²) in [6.45, 7) is 6.30. The maximum absolute atomic E-state index is 12.7. The molecule has 0 aliphatic rings. The van der Waals surface area contributed by atoms with E-state index >= 15 is 0 Å². The number of carbonyl (C=O) groups excluding carboxylic acids is 1. The van der Waals surface area contributed by atoms with Crippen LogP contribution < -0.4 is 4.74 Å². The molecule has 0 aromatic heterocycles. The second kappa shape index (κ2) is 6.10. The van der Waals surface area contributed by atoms with Gasteiger partial charge < -0.3 is 4.74 Å². The quantitative estimate of drug-likeness (QED) is 0.769. The van der Waals surface area contributed by atoms with E-state index in [1.165, 1.54) is 0 Å².